The van der Waals surface area contributed by atoms with Crippen LogP contribution in [0, 0.1) is 0 Å². The average molecular weight is 651 g/mol. The van der Waals surface area contributed by atoms with Crippen LogP contribution in [-0.2, 0) is 20.4 Å². The highest BCUT2D eigenvalue weighted by atomic mass is 19.4. The first-order valence-electron chi connectivity index (χ1n) is 14.2. The van der Waals surface area contributed by atoms with Gasteiger partial charge in [-0.3, -0.25) is 0 Å². The third-order valence-electron chi connectivity index (χ3n) is 8.64. The highest BCUT2D eigenvalue weighted by molar-refractivity contribution is 5.89. The second kappa shape index (κ2) is 12.2. The van der Waals surface area contributed by atoms with Gasteiger partial charge < -0.3 is 39.6 Å². The minimum Gasteiger partial charge on any atom is -0.497 e. The van der Waals surface area contributed by atoms with E-state index in [1.165, 1.54) is 71.5 Å². The summed E-state index contributed by atoms with van der Waals surface area (Å²) in [5.74, 6) is -1.71. The van der Waals surface area contributed by atoms with Crippen molar-refractivity contribution in [3.63, 3.8) is 0 Å². The number of amides is 2. The molecule has 2 aromatic rings. The zero-order valence-corrected chi connectivity index (χ0v) is 26.4. The average Bonchev–Trinajstić information content (AvgIpc) is 3.39. The fourth-order valence-corrected chi connectivity index (χ4v) is 6.28. The van der Waals surface area contributed by atoms with Gasteiger partial charge in [0, 0.05) is 24.7 Å². The lowest BCUT2D eigenvalue weighted by Gasteiger charge is -2.49. The van der Waals surface area contributed by atoms with Crippen LogP contribution in [0.3, 0.4) is 0 Å². The standard InChI is InChI=1S/C30H37F3N6O7/c1-17(45-24(40)18-11-13-21(43-7)14-12-18)29(36-25(41)39(5)6)23(37-38-34)22(28(27(29,4)42)16-44-26(2,3)46-28)35-20-10-8-9-19(15-20)30(31,32)33/h8-15,17,22-23,35,42H,16H2,1-7H3,(H,36,41)/t17-,22-,23?,27-,28+,29-/m0/s1. The van der Waals surface area contributed by atoms with Crippen LogP contribution in [0.2, 0.25) is 0 Å². The van der Waals surface area contributed by atoms with Gasteiger partial charge in [0.2, 0.25) is 0 Å². The molecule has 2 aromatic carbocycles. The van der Waals surface area contributed by atoms with Gasteiger partial charge in [-0.2, -0.15) is 13.2 Å². The highest BCUT2D eigenvalue weighted by Gasteiger charge is 2.80. The first-order chi connectivity index (χ1) is 21.3. The van der Waals surface area contributed by atoms with Crippen molar-refractivity contribution < 1.29 is 46.8 Å². The summed E-state index contributed by atoms with van der Waals surface area (Å²) in [5.41, 5.74) is 2.55. The van der Waals surface area contributed by atoms with Gasteiger partial charge in [0.25, 0.3) is 0 Å². The molecule has 1 spiro atoms. The molecule has 6 atom stereocenters. The number of hydrogen-bond acceptors (Lipinski definition) is 9. The van der Waals surface area contributed by atoms with Crippen LogP contribution >= 0.6 is 0 Å². The summed E-state index contributed by atoms with van der Waals surface area (Å²) in [4.78, 5) is 31.0. The zero-order valence-electron chi connectivity index (χ0n) is 26.4. The van der Waals surface area contributed by atoms with E-state index in [-0.39, 0.29) is 17.9 Å². The largest absolute Gasteiger partial charge is 0.497 e. The van der Waals surface area contributed by atoms with Gasteiger partial charge >= 0.3 is 18.2 Å². The number of aliphatic hydroxyl groups is 1. The summed E-state index contributed by atoms with van der Waals surface area (Å²) in [6, 6.07) is 6.58. The van der Waals surface area contributed by atoms with Crippen molar-refractivity contribution >= 4 is 17.7 Å². The molecule has 1 unspecified atom stereocenters. The quantitative estimate of drug-likeness (QED) is 0.160. The minimum absolute atomic E-state index is 0.0564. The molecule has 250 valence electrons. The number of azide groups is 1. The number of esters is 1. The Bertz CT molecular complexity index is 1510. The number of carbonyl (C=O) groups excluding carboxylic acids is 2. The third kappa shape index (κ3) is 5.88. The van der Waals surface area contributed by atoms with Gasteiger partial charge in [-0.15, -0.1) is 0 Å². The number of methoxy groups -OCH3 is 1. The second-order valence-corrected chi connectivity index (χ2v) is 12.1. The fourth-order valence-electron chi connectivity index (χ4n) is 6.28. The maximum Gasteiger partial charge on any atom is 0.416 e. The second-order valence-electron chi connectivity index (χ2n) is 12.1. The Morgan fingerprint density at radius 2 is 1.83 bits per heavy atom. The van der Waals surface area contributed by atoms with E-state index in [9.17, 15) is 33.4 Å². The normalized spacial score (nSPS) is 29.0. The van der Waals surface area contributed by atoms with Gasteiger partial charge in [-0.05, 0) is 75.7 Å². The van der Waals surface area contributed by atoms with E-state index in [2.05, 4.69) is 20.7 Å². The van der Waals surface area contributed by atoms with Gasteiger partial charge in [0.05, 0.1) is 36.9 Å². The summed E-state index contributed by atoms with van der Waals surface area (Å²) >= 11 is 0. The molecule has 2 aliphatic rings. The lowest BCUT2D eigenvalue weighted by Crippen LogP contribution is -2.75. The Morgan fingerprint density at radius 3 is 2.35 bits per heavy atom. The van der Waals surface area contributed by atoms with E-state index < -0.39 is 64.5 Å². The Morgan fingerprint density at radius 1 is 1.17 bits per heavy atom. The number of halogens is 3. The predicted octanol–water partition coefficient (Wildman–Crippen LogP) is 4.72. The van der Waals surface area contributed by atoms with Crippen LogP contribution in [0.1, 0.15) is 43.6 Å². The van der Waals surface area contributed by atoms with Crippen LogP contribution in [-0.4, -0.2) is 90.5 Å². The van der Waals surface area contributed by atoms with E-state index in [4.69, 9.17) is 18.9 Å². The molecule has 16 heteroatoms. The fraction of sp³-hybridized carbons (Fsp3) is 0.533. The summed E-state index contributed by atoms with van der Waals surface area (Å²) in [6.07, 6.45) is -6.13. The number of rotatable bonds is 8. The van der Waals surface area contributed by atoms with Crippen LogP contribution in [0.15, 0.2) is 53.6 Å². The molecule has 1 aliphatic heterocycles. The molecule has 0 aromatic heterocycles. The molecular formula is C30H37F3N6O7. The molecule has 0 radical (unpaired) electrons. The molecule has 1 aliphatic carbocycles. The topological polar surface area (TPSA) is 167 Å². The van der Waals surface area contributed by atoms with Crippen molar-refractivity contribution in [1.29, 1.82) is 0 Å². The molecule has 2 amide bonds. The molecule has 1 saturated heterocycles. The van der Waals surface area contributed by atoms with Crippen LogP contribution in [0.25, 0.3) is 10.4 Å². The van der Waals surface area contributed by atoms with Crippen molar-refractivity contribution in [1.82, 2.24) is 10.2 Å². The number of carbonyl (C=O) groups is 2. The van der Waals surface area contributed by atoms with E-state index in [1.54, 1.807) is 13.8 Å². The Balaban J connectivity index is 1.93. The number of nitrogens with one attached hydrogen (secondary N) is 2. The number of benzene rings is 2. The van der Waals surface area contributed by atoms with Crippen LogP contribution in [0.4, 0.5) is 23.7 Å². The van der Waals surface area contributed by atoms with Crippen molar-refractivity contribution in [3.05, 3.63) is 70.1 Å². The van der Waals surface area contributed by atoms with E-state index in [1.807, 2.05) is 0 Å². The SMILES string of the molecule is COc1ccc(C(=O)O[C@@H](C)[C@]2(NC(=O)N(C)C)C(N=[N+]=[N-])[C@H](Nc3cccc(C(F)(F)F)c3)[C@]3(COC(C)(C)O3)[C@]2(C)O)cc1. The molecule has 4 rings (SSSR count). The molecule has 2 fully saturated rings. The Kier molecular flexibility index (Phi) is 9.16. The van der Waals surface area contributed by atoms with Gasteiger partial charge in [0.1, 0.15) is 28.6 Å². The van der Waals surface area contributed by atoms with E-state index in [0.717, 1.165) is 17.0 Å². The van der Waals surface area contributed by atoms with Crippen LogP contribution in [0.5, 0.6) is 5.75 Å². The first kappa shape index (κ1) is 34.6. The summed E-state index contributed by atoms with van der Waals surface area (Å²) < 4.78 is 64.3. The number of hydrogen-bond donors (Lipinski definition) is 3. The molecule has 13 nitrogen and oxygen atoms in total. The minimum atomic E-state index is -4.68. The number of urea groups is 1. The van der Waals surface area contributed by atoms with Crippen LogP contribution < -0.4 is 15.4 Å². The third-order valence-corrected chi connectivity index (χ3v) is 8.64. The summed E-state index contributed by atoms with van der Waals surface area (Å²) in [6.45, 7) is 5.46. The number of ether oxygens (including phenoxy) is 4. The van der Waals surface area contributed by atoms with Gasteiger partial charge in [0.15, 0.2) is 5.79 Å². The van der Waals surface area contributed by atoms with Crippen molar-refractivity contribution in [2.24, 2.45) is 5.11 Å². The summed E-state index contributed by atoms with van der Waals surface area (Å²) in [7, 11) is 4.31. The van der Waals surface area contributed by atoms with Gasteiger partial charge in [-0.25, -0.2) is 9.59 Å². The zero-order chi connectivity index (χ0) is 34.3. The first-order valence-corrected chi connectivity index (χ1v) is 14.2. The molecule has 3 N–H and O–H groups in total. The van der Waals surface area contributed by atoms with Crippen molar-refractivity contribution in [2.75, 3.05) is 33.1 Å². The van der Waals surface area contributed by atoms with Gasteiger partial charge in [-0.1, -0.05) is 11.2 Å². The molecule has 1 saturated carbocycles. The number of alkyl halides is 3. The Labute approximate surface area is 263 Å². The smallest absolute Gasteiger partial charge is 0.416 e. The number of anilines is 1. The maximum atomic E-state index is 13.7. The summed E-state index contributed by atoms with van der Waals surface area (Å²) in [5, 5.41) is 22.4. The van der Waals surface area contributed by atoms with E-state index >= 15 is 0 Å². The molecule has 46 heavy (non-hydrogen) atoms. The van der Waals surface area contributed by atoms with Crippen molar-refractivity contribution in [3.8, 4) is 5.75 Å². The predicted molar refractivity (Wildman–Crippen MR) is 159 cm³/mol. The lowest BCUT2D eigenvalue weighted by atomic mass is 9.73. The lowest BCUT2D eigenvalue weighted by molar-refractivity contribution is -0.219. The Hall–Kier alpha value is -4.24. The van der Waals surface area contributed by atoms with E-state index in [0.29, 0.717) is 5.75 Å². The monoisotopic (exact) mass is 650 g/mol. The highest BCUT2D eigenvalue weighted by Crippen LogP contribution is 2.57. The van der Waals surface area contributed by atoms with Crippen molar-refractivity contribution in [2.45, 2.75) is 74.6 Å². The molecule has 1 heterocycles. The molecular weight excluding hydrogens is 613 g/mol. The maximum absolute atomic E-state index is 13.7. The molecule has 0 bridgehead atoms. The number of nitrogens with zero attached hydrogens (tertiary/aromatic N) is 4.